The number of pyridine rings is 1. The van der Waals surface area contributed by atoms with Gasteiger partial charge in [0.1, 0.15) is 5.02 Å². The predicted octanol–water partition coefficient (Wildman–Crippen LogP) is 4.99. The molecule has 0 bridgehead atoms. The average molecular weight is 366 g/mol. The Balaban J connectivity index is 2.39. The predicted molar refractivity (Wildman–Crippen MR) is 90.5 cm³/mol. The van der Waals surface area contributed by atoms with Crippen LogP contribution in [-0.4, -0.2) is 30.1 Å². The van der Waals surface area contributed by atoms with E-state index < -0.39 is 5.97 Å². The monoisotopic (exact) mass is 364 g/mol. The lowest BCUT2D eigenvalue weighted by Crippen LogP contribution is -2.30. The van der Waals surface area contributed by atoms with Crippen LogP contribution in [0, 0.1) is 0 Å². The SMILES string of the molecule is CCC(C)OC(=O)c1nc(Cl)c(Cl)c(N2CCCCC2)c1Cl. The topological polar surface area (TPSA) is 42.4 Å². The molecule has 0 saturated carbocycles. The molecule has 0 aromatic carbocycles. The molecule has 4 nitrogen and oxygen atoms in total. The molecule has 0 amide bonds. The number of halogens is 3. The standard InChI is InChI=1S/C15H19Cl3N2O2/c1-3-9(2)22-15(21)12-10(16)13(11(17)14(18)19-12)20-7-5-4-6-8-20/h9H,3-8H2,1-2H3. The van der Waals surface area contributed by atoms with Crippen LogP contribution in [0.1, 0.15) is 50.0 Å². The van der Waals surface area contributed by atoms with E-state index >= 15 is 0 Å². The number of aromatic nitrogens is 1. The van der Waals surface area contributed by atoms with Crippen LogP contribution < -0.4 is 4.90 Å². The van der Waals surface area contributed by atoms with Gasteiger partial charge in [0.25, 0.3) is 0 Å². The number of hydrogen-bond acceptors (Lipinski definition) is 4. The van der Waals surface area contributed by atoms with Crippen LogP contribution in [-0.2, 0) is 4.74 Å². The van der Waals surface area contributed by atoms with Crippen LogP contribution in [0.5, 0.6) is 0 Å². The van der Waals surface area contributed by atoms with E-state index in [0.29, 0.717) is 12.1 Å². The molecule has 2 rings (SSSR count). The highest BCUT2D eigenvalue weighted by atomic mass is 35.5. The highest BCUT2D eigenvalue weighted by molar-refractivity contribution is 6.46. The van der Waals surface area contributed by atoms with Crippen molar-refractivity contribution in [3.05, 3.63) is 20.9 Å². The lowest BCUT2D eigenvalue weighted by atomic mass is 10.1. The van der Waals surface area contributed by atoms with Crippen molar-refractivity contribution < 1.29 is 9.53 Å². The maximum absolute atomic E-state index is 12.2. The number of nitrogens with zero attached hydrogens (tertiary/aromatic N) is 2. The summed E-state index contributed by atoms with van der Waals surface area (Å²) in [5.41, 5.74) is 0.607. The second-order valence-electron chi connectivity index (χ2n) is 5.40. The maximum atomic E-state index is 12.2. The van der Waals surface area contributed by atoms with E-state index in [1.54, 1.807) is 0 Å². The summed E-state index contributed by atoms with van der Waals surface area (Å²) < 4.78 is 5.30. The van der Waals surface area contributed by atoms with Crippen molar-refractivity contribution in [1.29, 1.82) is 0 Å². The zero-order valence-corrected chi connectivity index (χ0v) is 14.9. The number of carbonyl (C=O) groups is 1. The zero-order chi connectivity index (χ0) is 16.3. The smallest absolute Gasteiger partial charge is 0.358 e. The molecule has 1 aromatic heterocycles. The Kier molecular flexibility index (Phi) is 6.18. The number of carbonyl (C=O) groups excluding carboxylic acids is 1. The molecule has 2 heterocycles. The molecule has 0 aliphatic carbocycles. The quantitative estimate of drug-likeness (QED) is 0.557. The van der Waals surface area contributed by atoms with Crippen LogP contribution in [0.2, 0.25) is 15.2 Å². The first kappa shape index (κ1) is 17.6. The van der Waals surface area contributed by atoms with E-state index in [9.17, 15) is 4.79 Å². The van der Waals surface area contributed by atoms with E-state index in [-0.39, 0.29) is 27.0 Å². The highest BCUT2D eigenvalue weighted by Crippen LogP contribution is 2.40. The van der Waals surface area contributed by atoms with Crippen molar-refractivity contribution in [3.8, 4) is 0 Å². The van der Waals surface area contributed by atoms with Gasteiger partial charge in [0.15, 0.2) is 10.8 Å². The fourth-order valence-corrected chi connectivity index (χ4v) is 3.17. The summed E-state index contributed by atoms with van der Waals surface area (Å²) in [6.07, 6.45) is 3.79. The minimum Gasteiger partial charge on any atom is -0.458 e. The van der Waals surface area contributed by atoms with Gasteiger partial charge in [-0.2, -0.15) is 0 Å². The van der Waals surface area contributed by atoms with Crippen molar-refractivity contribution >= 4 is 46.5 Å². The Morgan fingerprint density at radius 3 is 2.45 bits per heavy atom. The molecular formula is C15H19Cl3N2O2. The summed E-state index contributed by atoms with van der Waals surface area (Å²) >= 11 is 18.8. The fourth-order valence-electron chi connectivity index (χ4n) is 2.35. The molecule has 1 aliphatic rings. The summed E-state index contributed by atoms with van der Waals surface area (Å²) in [5, 5.41) is 0.570. The van der Waals surface area contributed by atoms with Crippen LogP contribution >= 0.6 is 34.8 Å². The normalized spacial score (nSPS) is 16.5. The molecule has 0 radical (unpaired) electrons. The van der Waals surface area contributed by atoms with E-state index in [1.807, 2.05) is 13.8 Å². The number of anilines is 1. The first-order valence-electron chi connectivity index (χ1n) is 7.46. The summed E-state index contributed by atoms with van der Waals surface area (Å²) in [4.78, 5) is 18.3. The zero-order valence-electron chi connectivity index (χ0n) is 12.7. The number of hydrogen-bond donors (Lipinski definition) is 0. The molecule has 0 N–H and O–H groups in total. The number of rotatable bonds is 4. The molecule has 0 spiro atoms. The first-order chi connectivity index (χ1) is 10.5. The third-order valence-electron chi connectivity index (χ3n) is 3.76. The lowest BCUT2D eigenvalue weighted by molar-refractivity contribution is 0.0328. The number of ether oxygens (including phenoxy) is 1. The summed E-state index contributed by atoms with van der Waals surface area (Å²) in [6, 6.07) is 0. The van der Waals surface area contributed by atoms with Gasteiger partial charge in [-0.1, -0.05) is 41.7 Å². The van der Waals surface area contributed by atoms with E-state index in [1.165, 1.54) is 6.42 Å². The minimum atomic E-state index is -0.573. The Hall–Kier alpha value is -0.710. The minimum absolute atomic E-state index is 0.0249. The molecule has 1 aromatic rings. The second kappa shape index (κ2) is 7.71. The van der Waals surface area contributed by atoms with E-state index in [4.69, 9.17) is 39.5 Å². The highest BCUT2D eigenvalue weighted by Gasteiger charge is 2.27. The van der Waals surface area contributed by atoms with Crippen LogP contribution in [0.3, 0.4) is 0 Å². The molecule has 1 fully saturated rings. The van der Waals surface area contributed by atoms with Crippen LogP contribution in [0.4, 0.5) is 5.69 Å². The van der Waals surface area contributed by atoms with Crippen molar-refractivity contribution in [1.82, 2.24) is 4.98 Å². The third-order valence-corrected chi connectivity index (χ3v) is 4.85. The maximum Gasteiger partial charge on any atom is 0.358 e. The Morgan fingerprint density at radius 2 is 1.86 bits per heavy atom. The van der Waals surface area contributed by atoms with Crippen LogP contribution in [0.15, 0.2) is 0 Å². The summed E-state index contributed by atoms with van der Waals surface area (Å²) in [6.45, 7) is 5.41. The molecule has 7 heteroatoms. The number of piperidine rings is 1. The third kappa shape index (κ3) is 3.79. The molecule has 122 valence electrons. The Morgan fingerprint density at radius 1 is 1.23 bits per heavy atom. The molecule has 1 saturated heterocycles. The van der Waals surface area contributed by atoms with Gasteiger partial charge in [-0.25, -0.2) is 9.78 Å². The first-order valence-corrected chi connectivity index (χ1v) is 8.59. The molecular weight excluding hydrogens is 347 g/mol. The lowest BCUT2D eigenvalue weighted by Gasteiger charge is -2.30. The van der Waals surface area contributed by atoms with Crippen molar-refractivity contribution in [2.24, 2.45) is 0 Å². The van der Waals surface area contributed by atoms with Gasteiger partial charge in [0.2, 0.25) is 0 Å². The molecule has 1 unspecified atom stereocenters. The van der Waals surface area contributed by atoms with E-state index in [0.717, 1.165) is 25.9 Å². The average Bonchev–Trinajstić information content (AvgIpc) is 2.51. The Labute approximate surface area is 145 Å². The molecule has 22 heavy (non-hydrogen) atoms. The fraction of sp³-hybridized carbons (Fsp3) is 0.600. The van der Waals surface area contributed by atoms with Crippen molar-refractivity contribution in [3.63, 3.8) is 0 Å². The van der Waals surface area contributed by atoms with Crippen LogP contribution in [0.25, 0.3) is 0 Å². The van der Waals surface area contributed by atoms with Gasteiger partial charge in [0, 0.05) is 13.1 Å². The van der Waals surface area contributed by atoms with Gasteiger partial charge < -0.3 is 9.64 Å². The number of esters is 1. The Bertz CT molecular complexity index is 560. The summed E-state index contributed by atoms with van der Waals surface area (Å²) in [5.74, 6) is -0.573. The van der Waals surface area contributed by atoms with Gasteiger partial charge in [-0.15, -0.1) is 0 Å². The van der Waals surface area contributed by atoms with Crippen molar-refractivity contribution in [2.45, 2.75) is 45.6 Å². The van der Waals surface area contributed by atoms with Crippen molar-refractivity contribution in [2.75, 3.05) is 18.0 Å². The second-order valence-corrected chi connectivity index (χ2v) is 6.51. The molecule has 1 atom stereocenters. The molecule has 1 aliphatic heterocycles. The van der Waals surface area contributed by atoms with Gasteiger partial charge >= 0.3 is 5.97 Å². The van der Waals surface area contributed by atoms with Gasteiger partial charge in [-0.3, -0.25) is 0 Å². The van der Waals surface area contributed by atoms with Gasteiger partial charge in [-0.05, 0) is 32.6 Å². The summed E-state index contributed by atoms with van der Waals surface area (Å²) in [7, 11) is 0. The largest absolute Gasteiger partial charge is 0.458 e. The van der Waals surface area contributed by atoms with E-state index in [2.05, 4.69) is 9.88 Å². The van der Waals surface area contributed by atoms with Gasteiger partial charge in [0.05, 0.1) is 16.8 Å².